The summed E-state index contributed by atoms with van der Waals surface area (Å²) in [4.78, 5) is 12.3. The van der Waals surface area contributed by atoms with Gasteiger partial charge in [-0.2, -0.15) is 30.4 Å². The molecule has 33 heavy (non-hydrogen) atoms. The van der Waals surface area contributed by atoms with Crippen molar-refractivity contribution in [2.75, 3.05) is 13.2 Å². The SMILES string of the molecule is CC1(CC(OS(=O)(=O)C(F)(F)C(=O)NC2C3CC4CC(C3)CC2C4)C(F)(F)F)OCCCO1. The third-order valence-electron chi connectivity index (χ3n) is 7.37. The first-order valence-electron chi connectivity index (χ1n) is 11.2. The fourth-order valence-corrected chi connectivity index (χ4v) is 6.95. The van der Waals surface area contributed by atoms with Crippen molar-refractivity contribution in [1.82, 2.24) is 5.32 Å². The van der Waals surface area contributed by atoms with Crippen LogP contribution < -0.4 is 5.32 Å². The van der Waals surface area contributed by atoms with Crippen molar-refractivity contribution in [1.29, 1.82) is 0 Å². The van der Waals surface area contributed by atoms with Gasteiger partial charge in [-0.05, 0) is 69.1 Å². The molecule has 190 valence electrons. The van der Waals surface area contributed by atoms with Crippen molar-refractivity contribution in [2.45, 2.75) is 81.2 Å². The van der Waals surface area contributed by atoms with Gasteiger partial charge in [-0.3, -0.25) is 8.98 Å². The van der Waals surface area contributed by atoms with Gasteiger partial charge in [0.1, 0.15) is 0 Å². The lowest BCUT2D eigenvalue weighted by atomic mass is 9.54. The third kappa shape index (κ3) is 5.01. The van der Waals surface area contributed by atoms with Crippen LogP contribution in [0.4, 0.5) is 22.0 Å². The summed E-state index contributed by atoms with van der Waals surface area (Å²) in [5.41, 5.74) is 0. The minimum Gasteiger partial charge on any atom is -0.350 e. The molecule has 1 saturated heterocycles. The van der Waals surface area contributed by atoms with Crippen LogP contribution in [0, 0.1) is 23.7 Å². The largest absolute Gasteiger partial charge is 0.446 e. The van der Waals surface area contributed by atoms with E-state index in [1.54, 1.807) is 0 Å². The smallest absolute Gasteiger partial charge is 0.350 e. The van der Waals surface area contributed by atoms with Crippen molar-refractivity contribution in [3.63, 3.8) is 0 Å². The lowest BCUT2D eigenvalue weighted by molar-refractivity contribution is -0.288. The van der Waals surface area contributed by atoms with Gasteiger partial charge in [-0.25, -0.2) is 0 Å². The zero-order valence-electron chi connectivity index (χ0n) is 18.1. The summed E-state index contributed by atoms with van der Waals surface area (Å²) in [6, 6.07) is -0.618. The van der Waals surface area contributed by atoms with E-state index in [-0.39, 0.29) is 25.0 Å². The molecular formula is C20H28F5NO6S. The first-order chi connectivity index (χ1) is 15.2. The van der Waals surface area contributed by atoms with Crippen LogP contribution in [-0.4, -0.2) is 56.9 Å². The quantitative estimate of drug-likeness (QED) is 0.422. The van der Waals surface area contributed by atoms with Crippen molar-refractivity contribution in [2.24, 2.45) is 23.7 Å². The highest BCUT2D eigenvalue weighted by atomic mass is 32.2. The molecule has 5 rings (SSSR count). The molecule has 1 aliphatic heterocycles. The van der Waals surface area contributed by atoms with Crippen molar-refractivity contribution >= 4 is 16.0 Å². The van der Waals surface area contributed by atoms with Gasteiger partial charge in [0.15, 0.2) is 11.9 Å². The summed E-state index contributed by atoms with van der Waals surface area (Å²) < 4.78 is 108. The highest BCUT2D eigenvalue weighted by Gasteiger charge is 2.60. The van der Waals surface area contributed by atoms with Crippen molar-refractivity contribution in [3.05, 3.63) is 0 Å². The molecule has 0 aromatic rings. The van der Waals surface area contributed by atoms with Crippen LogP contribution in [0.5, 0.6) is 0 Å². The molecule has 5 fully saturated rings. The molecule has 4 aliphatic carbocycles. The van der Waals surface area contributed by atoms with Gasteiger partial charge >= 0.3 is 27.5 Å². The van der Waals surface area contributed by atoms with E-state index in [1.165, 1.54) is 0 Å². The molecule has 4 saturated carbocycles. The summed E-state index contributed by atoms with van der Waals surface area (Å²) in [6.07, 6.45) is -5.14. The Balaban J connectivity index is 1.46. The highest BCUT2D eigenvalue weighted by Crippen LogP contribution is 2.54. The predicted octanol–water partition coefficient (Wildman–Crippen LogP) is 3.34. The summed E-state index contributed by atoms with van der Waals surface area (Å²) in [6.45, 7) is 1.24. The van der Waals surface area contributed by atoms with E-state index in [2.05, 4.69) is 9.50 Å². The number of nitrogens with one attached hydrogen (secondary N) is 1. The molecule has 0 spiro atoms. The van der Waals surface area contributed by atoms with E-state index in [1.807, 2.05) is 0 Å². The van der Waals surface area contributed by atoms with Crippen LogP contribution in [0.2, 0.25) is 0 Å². The number of amides is 1. The van der Waals surface area contributed by atoms with Crippen LogP contribution in [0.25, 0.3) is 0 Å². The van der Waals surface area contributed by atoms with Gasteiger partial charge in [0.25, 0.3) is 0 Å². The van der Waals surface area contributed by atoms with Gasteiger partial charge in [0.05, 0.1) is 13.2 Å². The van der Waals surface area contributed by atoms with E-state index in [0.29, 0.717) is 18.3 Å². The predicted molar refractivity (Wildman–Crippen MR) is 103 cm³/mol. The number of hydrogen-bond acceptors (Lipinski definition) is 6. The van der Waals surface area contributed by atoms with Crippen LogP contribution in [0.15, 0.2) is 0 Å². The summed E-state index contributed by atoms with van der Waals surface area (Å²) in [5.74, 6) is -3.14. The molecule has 7 nitrogen and oxygen atoms in total. The molecule has 0 aromatic carbocycles. The van der Waals surface area contributed by atoms with E-state index in [0.717, 1.165) is 39.0 Å². The molecule has 4 bridgehead atoms. The van der Waals surface area contributed by atoms with E-state index in [4.69, 9.17) is 9.47 Å². The molecule has 0 aromatic heterocycles. The van der Waals surface area contributed by atoms with E-state index in [9.17, 15) is 35.2 Å². The first-order valence-corrected chi connectivity index (χ1v) is 12.6. The number of ether oxygens (including phenoxy) is 2. The second-order valence-electron chi connectivity index (χ2n) is 9.92. The standard InChI is InChI=1S/C20H28F5NO6S/c1-18(30-3-2-4-31-18)10-15(19(21,22)23)32-33(28,29)20(24,25)17(27)26-16-13-6-11-5-12(8-13)9-14(16)7-11/h11-16H,2-10H2,1H3,(H,26,27). The molecule has 1 amide bonds. The Labute approximate surface area is 188 Å². The molecule has 5 aliphatic rings. The molecule has 1 unspecified atom stereocenters. The zero-order valence-corrected chi connectivity index (χ0v) is 18.9. The number of alkyl halides is 5. The van der Waals surface area contributed by atoms with E-state index < -0.39 is 51.8 Å². The van der Waals surface area contributed by atoms with Crippen LogP contribution in [-0.2, 0) is 28.6 Å². The Kier molecular flexibility index (Phi) is 6.50. The number of halogens is 5. The highest BCUT2D eigenvalue weighted by molar-refractivity contribution is 7.88. The monoisotopic (exact) mass is 505 g/mol. The Bertz CT molecular complexity index is 829. The third-order valence-corrected chi connectivity index (χ3v) is 8.67. The Hall–Kier alpha value is -1.05. The fourth-order valence-electron chi connectivity index (χ4n) is 6.06. The van der Waals surface area contributed by atoms with Gasteiger partial charge in [0.2, 0.25) is 0 Å². The number of rotatable bonds is 7. The maximum absolute atomic E-state index is 14.7. The van der Waals surface area contributed by atoms with Gasteiger partial charge in [-0.1, -0.05) is 0 Å². The first kappa shape index (κ1) is 25.1. The number of hydrogen-bond donors (Lipinski definition) is 1. The Morgan fingerprint density at radius 2 is 1.55 bits per heavy atom. The number of carbonyl (C=O) groups excluding carboxylic acids is 1. The number of carbonyl (C=O) groups is 1. The lowest BCUT2D eigenvalue weighted by Crippen LogP contribution is -2.59. The summed E-state index contributed by atoms with van der Waals surface area (Å²) in [7, 11) is -6.27. The zero-order chi connectivity index (χ0) is 24.2. The molecule has 1 atom stereocenters. The van der Waals surface area contributed by atoms with Gasteiger partial charge in [0, 0.05) is 12.5 Å². The van der Waals surface area contributed by atoms with Crippen molar-refractivity contribution in [3.8, 4) is 0 Å². The molecule has 1 N–H and O–H groups in total. The average molecular weight is 506 g/mol. The average Bonchev–Trinajstić information content (AvgIpc) is 2.69. The second-order valence-corrected chi connectivity index (χ2v) is 11.5. The molecular weight excluding hydrogens is 477 g/mol. The maximum Gasteiger partial charge on any atom is 0.446 e. The van der Waals surface area contributed by atoms with Crippen LogP contribution >= 0.6 is 0 Å². The minimum absolute atomic E-state index is 0.0342. The molecule has 13 heteroatoms. The normalized spacial score (nSPS) is 34.8. The molecule has 1 heterocycles. The Morgan fingerprint density at radius 3 is 2.03 bits per heavy atom. The lowest BCUT2D eigenvalue weighted by Gasteiger charge is -2.54. The van der Waals surface area contributed by atoms with Crippen LogP contribution in [0.3, 0.4) is 0 Å². The second kappa shape index (κ2) is 8.56. The molecule has 0 radical (unpaired) electrons. The fraction of sp³-hybridized carbons (Fsp3) is 0.950. The maximum atomic E-state index is 14.7. The Morgan fingerprint density at radius 1 is 1.03 bits per heavy atom. The van der Waals surface area contributed by atoms with Crippen molar-refractivity contribution < 1.29 is 48.8 Å². The summed E-state index contributed by atoms with van der Waals surface area (Å²) >= 11 is 0. The van der Waals surface area contributed by atoms with Crippen LogP contribution in [0.1, 0.15) is 51.9 Å². The topological polar surface area (TPSA) is 90.9 Å². The minimum atomic E-state index is -6.27. The van der Waals surface area contributed by atoms with E-state index >= 15 is 0 Å². The van der Waals surface area contributed by atoms with Gasteiger partial charge in [-0.15, -0.1) is 0 Å². The summed E-state index contributed by atoms with van der Waals surface area (Å²) in [5, 5.41) is -3.06. The van der Waals surface area contributed by atoms with Gasteiger partial charge < -0.3 is 14.8 Å².